The average Bonchev–Trinajstić information content (AvgIpc) is 2.52. The van der Waals surface area contributed by atoms with E-state index < -0.39 is 0 Å². The summed E-state index contributed by atoms with van der Waals surface area (Å²) in [7, 11) is 0. The van der Waals surface area contributed by atoms with Gasteiger partial charge in [-0.2, -0.15) is 0 Å². The first kappa shape index (κ1) is 10.4. The third-order valence-electron chi connectivity index (χ3n) is 2.38. The summed E-state index contributed by atoms with van der Waals surface area (Å²) in [5.41, 5.74) is 3.25. The Hall–Kier alpha value is -1.16. The Balaban J connectivity index is 2.59. The van der Waals surface area contributed by atoms with Crippen LogP contribution in [-0.2, 0) is 0 Å². The van der Waals surface area contributed by atoms with E-state index in [0.717, 1.165) is 27.5 Å². The SMILES string of the molecule is Cc1nc(-n2c(C)ccc2C)ncc1Br. The Bertz CT molecular complexity index is 483. The number of rotatable bonds is 1. The van der Waals surface area contributed by atoms with Crippen molar-refractivity contribution in [3.8, 4) is 5.95 Å². The molecule has 2 aromatic rings. The van der Waals surface area contributed by atoms with Crippen molar-refractivity contribution in [2.24, 2.45) is 0 Å². The number of hydrogen-bond donors (Lipinski definition) is 0. The Morgan fingerprint density at radius 2 is 1.73 bits per heavy atom. The Kier molecular flexibility index (Phi) is 2.61. The summed E-state index contributed by atoms with van der Waals surface area (Å²) in [4.78, 5) is 8.75. The molecule has 0 aromatic carbocycles. The minimum Gasteiger partial charge on any atom is -0.287 e. The molecule has 0 radical (unpaired) electrons. The van der Waals surface area contributed by atoms with E-state index in [1.54, 1.807) is 6.20 Å². The van der Waals surface area contributed by atoms with Crippen molar-refractivity contribution in [2.75, 3.05) is 0 Å². The first-order valence-corrected chi connectivity index (χ1v) is 5.53. The minimum atomic E-state index is 0.732. The molecule has 0 atom stereocenters. The zero-order valence-electron chi connectivity index (χ0n) is 8.95. The summed E-state index contributed by atoms with van der Waals surface area (Å²) < 4.78 is 2.98. The second-order valence-corrected chi connectivity index (χ2v) is 4.41. The van der Waals surface area contributed by atoms with Gasteiger partial charge in [-0.15, -0.1) is 0 Å². The second-order valence-electron chi connectivity index (χ2n) is 3.55. The van der Waals surface area contributed by atoms with Crippen LogP contribution in [0.2, 0.25) is 0 Å². The summed E-state index contributed by atoms with van der Waals surface area (Å²) in [5.74, 6) is 0.732. The molecule has 15 heavy (non-hydrogen) atoms. The van der Waals surface area contributed by atoms with E-state index in [1.807, 2.05) is 25.3 Å². The van der Waals surface area contributed by atoms with Gasteiger partial charge in [-0.1, -0.05) is 0 Å². The summed E-state index contributed by atoms with van der Waals surface area (Å²) in [6.07, 6.45) is 1.79. The van der Waals surface area contributed by atoms with E-state index in [-0.39, 0.29) is 0 Å². The molecule has 2 heterocycles. The van der Waals surface area contributed by atoms with Gasteiger partial charge in [0.25, 0.3) is 0 Å². The predicted molar refractivity (Wildman–Crippen MR) is 63.3 cm³/mol. The van der Waals surface area contributed by atoms with Gasteiger partial charge in [0.2, 0.25) is 5.95 Å². The number of aromatic nitrogens is 3. The van der Waals surface area contributed by atoms with Gasteiger partial charge in [-0.25, -0.2) is 9.97 Å². The zero-order chi connectivity index (χ0) is 11.0. The van der Waals surface area contributed by atoms with Crippen LogP contribution in [0.4, 0.5) is 0 Å². The molecule has 4 heteroatoms. The highest BCUT2D eigenvalue weighted by molar-refractivity contribution is 9.10. The van der Waals surface area contributed by atoms with Crippen LogP contribution in [0.1, 0.15) is 17.1 Å². The maximum atomic E-state index is 4.44. The molecule has 0 spiro atoms. The van der Waals surface area contributed by atoms with E-state index >= 15 is 0 Å². The van der Waals surface area contributed by atoms with Crippen molar-refractivity contribution >= 4 is 15.9 Å². The van der Waals surface area contributed by atoms with Gasteiger partial charge < -0.3 is 0 Å². The van der Waals surface area contributed by atoms with Crippen LogP contribution in [0, 0.1) is 20.8 Å². The van der Waals surface area contributed by atoms with Crippen LogP contribution >= 0.6 is 15.9 Å². The molecule has 0 saturated carbocycles. The number of halogens is 1. The highest BCUT2D eigenvalue weighted by Crippen LogP contribution is 2.16. The van der Waals surface area contributed by atoms with Crippen molar-refractivity contribution in [3.05, 3.63) is 39.9 Å². The third-order valence-corrected chi connectivity index (χ3v) is 3.16. The van der Waals surface area contributed by atoms with E-state index in [9.17, 15) is 0 Å². The monoisotopic (exact) mass is 265 g/mol. The lowest BCUT2D eigenvalue weighted by Gasteiger charge is -2.08. The fourth-order valence-electron chi connectivity index (χ4n) is 1.53. The predicted octanol–water partition coefficient (Wildman–Crippen LogP) is 2.96. The van der Waals surface area contributed by atoms with Crippen LogP contribution in [0.15, 0.2) is 22.8 Å². The summed E-state index contributed by atoms with van der Waals surface area (Å²) in [5, 5.41) is 0. The number of nitrogens with zero attached hydrogens (tertiary/aromatic N) is 3. The smallest absolute Gasteiger partial charge is 0.234 e. The fourth-order valence-corrected chi connectivity index (χ4v) is 1.72. The second kappa shape index (κ2) is 3.77. The van der Waals surface area contributed by atoms with Crippen LogP contribution in [0.25, 0.3) is 5.95 Å². The molecule has 0 unspecified atom stereocenters. The van der Waals surface area contributed by atoms with Gasteiger partial charge in [0, 0.05) is 17.6 Å². The van der Waals surface area contributed by atoms with E-state index in [1.165, 1.54) is 0 Å². The highest BCUT2D eigenvalue weighted by Gasteiger charge is 2.07. The van der Waals surface area contributed by atoms with Gasteiger partial charge in [-0.05, 0) is 48.8 Å². The van der Waals surface area contributed by atoms with Crippen LogP contribution < -0.4 is 0 Å². The first-order chi connectivity index (χ1) is 7.09. The maximum absolute atomic E-state index is 4.44. The van der Waals surface area contributed by atoms with Crippen LogP contribution in [0.3, 0.4) is 0 Å². The molecular weight excluding hydrogens is 254 g/mol. The molecule has 0 aliphatic heterocycles. The molecule has 78 valence electrons. The maximum Gasteiger partial charge on any atom is 0.234 e. The summed E-state index contributed by atoms with van der Waals surface area (Å²) in [6.45, 7) is 6.06. The molecule has 3 nitrogen and oxygen atoms in total. The van der Waals surface area contributed by atoms with Gasteiger partial charge in [0.15, 0.2) is 0 Å². The van der Waals surface area contributed by atoms with Crippen LogP contribution in [-0.4, -0.2) is 14.5 Å². The molecule has 0 fully saturated rings. The molecule has 0 aliphatic carbocycles. The topological polar surface area (TPSA) is 30.7 Å². The van der Waals surface area contributed by atoms with E-state index in [0.29, 0.717) is 0 Å². The lowest BCUT2D eigenvalue weighted by Crippen LogP contribution is -2.05. The standard InChI is InChI=1S/C11H12BrN3/c1-7-4-5-8(2)15(7)11-13-6-10(12)9(3)14-11/h4-6H,1-3H3. The quantitative estimate of drug-likeness (QED) is 0.794. The van der Waals surface area contributed by atoms with Crippen molar-refractivity contribution < 1.29 is 0 Å². The Labute approximate surface area is 97.3 Å². The van der Waals surface area contributed by atoms with Gasteiger partial charge >= 0.3 is 0 Å². The van der Waals surface area contributed by atoms with E-state index in [4.69, 9.17) is 0 Å². The molecule has 0 saturated heterocycles. The first-order valence-electron chi connectivity index (χ1n) is 4.74. The lowest BCUT2D eigenvalue weighted by molar-refractivity contribution is 0.858. The van der Waals surface area contributed by atoms with E-state index in [2.05, 4.69) is 38.0 Å². The molecular formula is C11H12BrN3. The molecule has 0 bridgehead atoms. The summed E-state index contributed by atoms with van der Waals surface area (Å²) >= 11 is 3.40. The van der Waals surface area contributed by atoms with Crippen LogP contribution in [0.5, 0.6) is 0 Å². The normalized spacial score (nSPS) is 10.7. The zero-order valence-corrected chi connectivity index (χ0v) is 10.5. The molecule has 2 aromatic heterocycles. The molecule has 0 amide bonds. The number of aryl methyl sites for hydroxylation is 3. The van der Waals surface area contributed by atoms with Crippen molar-refractivity contribution in [1.29, 1.82) is 0 Å². The largest absolute Gasteiger partial charge is 0.287 e. The fraction of sp³-hybridized carbons (Fsp3) is 0.273. The molecule has 0 aliphatic rings. The Morgan fingerprint density at radius 3 is 2.27 bits per heavy atom. The van der Waals surface area contributed by atoms with Crippen molar-refractivity contribution in [1.82, 2.24) is 14.5 Å². The number of hydrogen-bond acceptors (Lipinski definition) is 2. The minimum absolute atomic E-state index is 0.732. The summed E-state index contributed by atoms with van der Waals surface area (Å²) in [6, 6.07) is 4.13. The lowest BCUT2D eigenvalue weighted by atomic mass is 10.4. The molecule has 0 N–H and O–H groups in total. The van der Waals surface area contributed by atoms with Gasteiger partial charge in [0.1, 0.15) is 0 Å². The van der Waals surface area contributed by atoms with Crippen molar-refractivity contribution in [2.45, 2.75) is 20.8 Å². The highest BCUT2D eigenvalue weighted by atomic mass is 79.9. The van der Waals surface area contributed by atoms with Gasteiger partial charge in [-0.3, -0.25) is 4.57 Å². The Morgan fingerprint density at radius 1 is 1.13 bits per heavy atom. The average molecular weight is 266 g/mol. The van der Waals surface area contributed by atoms with Gasteiger partial charge in [0.05, 0.1) is 10.2 Å². The van der Waals surface area contributed by atoms with Crippen molar-refractivity contribution in [3.63, 3.8) is 0 Å². The molecule has 2 rings (SSSR count). The third kappa shape index (κ3) is 1.81.